The van der Waals surface area contributed by atoms with Crippen molar-refractivity contribution in [2.75, 3.05) is 13.1 Å². The Kier molecular flexibility index (Phi) is 4.96. The van der Waals surface area contributed by atoms with Gasteiger partial charge in [-0.2, -0.15) is 0 Å². The predicted molar refractivity (Wildman–Crippen MR) is 67.2 cm³/mol. The highest BCUT2D eigenvalue weighted by atomic mass is 32.1. The van der Waals surface area contributed by atoms with Gasteiger partial charge in [-0.25, -0.2) is 4.39 Å². The van der Waals surface area contributed by atoms with Crippen LogP contribution in [-0.4, -0.2) is 33.9 Å². The van der Waals surface area contributed by atoms with Crippen LogP contribution in [0, 0.1) is 5.82 Å². The summed E-state index contributed by atoms with van der Waals surface area (Å²) in [7, 11) is 0. The number of nitrogens with two attached hydrogens (primary N) is 1. The van der Waals surface area contributed by atoms with Crippen molar-refractivity contribution in [2.24, 2.45) is 5.73 Å². The Morgan fingerprint density at radius 1 is 1.59 bits per heavy atom. The molecule has 0 fully saturated rings. The zero-order chi connectivity index (χ0) is 12.8. The lowest BCUT2D eigenvalue weighted by Gasteiger charge is -2.21. The third-order valence-corrected chi connectivity index (χ3v) is 2.21. The number of hydrogen-bond donors (Lipinski definition) is 1. The molecule has 1 amide bonds. The van der Waals surface area contributed by atoms with Gasteiger partial charge in [-0.3, -0.25) is 9.78 Å². The second-order valence-corrected chi connectivity index (χ2v) is 4.11. The second-order valence-electron chi connectivity index (χ2n) is 3.58. The smallest absolute Gasteiger partial charge is 0.255 e. The SMILES string of the molecule is CCCN(CC(N)=S)C(=O)c1cncc(F)c1. The first-order valence-corrected chi connectivity index (χ1v) is 5.63. The van der Waals surface area contributed by atoms with Gasteiger partial charge in [-0.05, 0) is 12.5 Å². The molecular formula is C11H14FN3OS. The number of rotatable bonds is 5. The number of halogens is 1. The van der Waals surface area contributed by atoms with E-state index < -0.39 is 5.82 Å². The van der Waals surface area contributed by atoms with Crippen molar-refractivity contribution in [3.8, 4) is 0 Å². The van der Waals surface area contributed by atoms with Crippen LogP contribution in [0.4, 0.5) is 4.39 Å². The molecule has 0 spiro atoms. The van der Waals surface area contributed by atoms with Crippen molar-refractivity contribution in [1.29, 1.82) is 0 Å². The summed E-state index contributed by atoms with van der Waals surface area (Å²) in [4.78, 5) is 17.4. The van der Waals surface area contributed by atoms with Gasteiger partial charge < -0.3 is 10.6 Å². The third kappa shape index (κ3) is 4.07. The average molecular weight is 255 g/mol. The Labute approximate surface area is 105 Å². The zero-order valence-electron chi connectivity index (χ0n) is 9.52. The second kappa shape index (κ2) is 6.24. The fourth-order valence-corrected chi connectivity index (χ4v) is 1.58. The minimum absolute atomic E-state index is 0.193. The number of aromatic nitrogens is 1. The number of nitrogens with zero attached hydrogens (tertiary/aromatic N) is 2. The maximum Gasteiger partial charge on any atom is 0.255 e. The van der Waals surface area contributed by atoms with E-state index >= 15 is 0 Å². The number of carbonyl (C=O) groups excluding carboxylic acids is 1. The van der Waals surface area contributed by atoms with Crippen LogP contribution in [0.3, 0.4) is 0 Å². The van der Waals surface area contributed by atoms with Crippen molar-refractivity contribution in [2.45, 2.75) is 13.3 Å². The van der Waals surface area contributed by atoms with E-state index in [1.165, 1.54) is 11.1 Å². The minimum Gasteiger partial charge on any atom is -0.392 e. The van der Waals surface area contributed by atoms with E-state index in [4.69, 9.17) is 18.0 Å². The Balaban J connectivity index is 2.87. The molecule has 0 aromatic carbocycles. The van der Waals surface area contributed by atoms with E-state index in [0.29, 0.717) is 6.54 Å². The van der Waals surface area contributed by atoms with Gasteiger partial charge >= 0.3 is 0 Å². The van der Waals surface area contributed by atoms with Crippen molar-refractivity contribution in [3.05, 3.63) is 29.8 Å². The van der Waals surface area contributed by atoms with Gasteiger partial charge in [-0.15, -0.1) is 0 Å². The quantitative estimate of drug-likeness (QED) is 0.807. The fourth-order valence-electron chi connectivity index (χ4n) is 1.42. The molecule has 0 aliphatic carbocycles. The summed E-state index contributed by atoms with van der Waals surface area (Å²) in [6.07, 6.45) is 3.15. The highest BCUT2D eigenvalue weighted by Gasteiger charge is 2.16. The molecule has 4 nitrogen and oxygen atoms in total. The summed E-state index contributed by atoms with van der Waals surface area (Å²) in [5, 5.41) is 0. The summed E-state index contributed by atoms with van der Waals surface area (Å²) >= 11 is 4.78. The number of hydrogen-bond acceptors (Lipinski definition) is 3. The van der Waals surface area contributed by atoms with Gasteiger partial charge in [0, 0.05) is 12.7 Å². The van der Waals surface area contributed by atoms with Gasteiger partial charge in [0.25, 0.3) is 5.91 Å². The molecule has 0 saturated carbocycles. The summed E-state index contributed by atoms with van der Waals surface area (Å²) in [6, 6.07) is 1.15. The highest BCUT2D eigenvalue weighted by Crippen LogP contribution is 2.06. The topological polar surface area (TPSA) is 59.2 Å². The van der Waals surface area contributed by atoms with Gasteiger partial charge in [0.1, 0.15) is 5.82 Å². The Morgan fingerprint density at radius 2 is 2.29 bits per heavy atom. The first-order chi connectivity index (χ1) is 8.04. The molecule has 0 unspecified atom stereocenters. The van der Waals surface area contributed by atoms with Crippen molar-refractivity contribution >= 4 is 23.1 Å². The molecule has 0 aliphatic rings. The van der Waals surface area contributed by atoms with E-state index in [1.54, 1.807) is 0 Å². The lowest BCUT2D eigenvalue weighted by Crippen LogP contribution is -2.38. The minimum atomic E-state index is -0.539. The summed E-state index contributed by atoms with van der Waals surface area (Å²) in [6.45, 7) is 2.65. The van der Waals surface area contributed by atoms with Crippen LogP contribution >= 0.6 is 12.2 Å². The van der Waals surface area contributed by atoms with E-state index in [2.05, 4.69) is 4.98 Å². The van der Waals surface area contributed by atoms with Crippen molar-refractivity contribution < 1.29 is 9.18 Å². The van der Waals surface area contributed by atoms with Gasteiger partial charge in [0.15, 0.2) is 0 Å². The summed E-state index contributed by atoms with van der Waals surface area (Å²) in [5.74, 6) is -0.853. The normalized spacial score (nSPS) is 10.0. The molecule has 0 bridgehead atoms. The number of carbonyl (C=O) groups is 1. The molecule has 0 saturated heterocycles. The van der Waals surface area contributed by atoms with Crippen LogP contribution in [0.15, 0.2) is 18.5 Å². The lowest BCUT2D eigenvalue weighted by molar-refractivity contribution is 0.0779. The molecule has 1 rings (SSSR count). The van der Waals surface area contributed by atoms with Crippen LogP contribution in [0.1, 0.15) is 23.7 Å². The molecule has 0 atom stereocenters. The van der Waals surface area contributed by atoms with Gasteiger partial charge in [-0.1, -0.05) is 19.1 Å². The molecule has 0 aliphatic heterocycles. The Hall–Kier alpha value is -1.56. The molecule has 0 radical (unpaired) electrons. The van der Waals surface area contributed by atoms with Crippen LogP contribution in [0.25, 0.3) is 0 Å². The lowest BCUT2D eigenvalue weighted by atomic mass is 10.2. The van der Waals surface area contributed by atoms with Gasteiger partial charge in [0.05, 0.1) is 23.3 Å². The zero-order valence-corrected chi connectivity index (χ0v) is 10.3. The molecule has 1 aromatic rings. The van der Waals surface area contributed by atoms with Crippen LogP contribution in [0.2, 0.25) is 0 Å². The van der Waals surface area contributed by atoms with Crippen molar-refractivity contribution in [1.82, 2.24) is 9.88 Å². The largest absolute Gasteiger partial charge is 0.392 e. The highest BCUT2D eigenvalue weighted by molar-refractivity contribution is 7.80. The number of thiocarbonyl (C=S) groups is 1. The summed E-state index contributed by atoms with van der Waals surface area (Å²) in [5.41, 5.74) is 5.62. The molecule has 6 heteroatoms. The maximum atomic E-state index is 13.0. The van der Waals surface area contributed by atoms with E-state index in [-0.39, 0.29) is 23.0 Å². The van der Waals surface area contributed by atoms with Crippen molar-refractivity contribution in [3.63, 3.8) is 0 Å². The molecule has 1 aromatic heterocycles. The molecule has 92 valence electrons. The van der Waals surface area contributed by atoms with E-state index in [0.717, 1.165) is 18.7 Å². The first-order valence-electron chi connectivity index (χ1n) is 5.22. The molecular weight excluding hydrogens is 241 g/mol. The predicted octanol–water partition coefficient (Wildman–Crippen LogP) is 1.36. The third-order valence-electron chi connectivity index (χ3n) is 2.08. The standard InChI is InChI=1S/C11H14FN3OS/c1-2-3-15(7-10(13)17)11(16)8-4-9(12)6-14-5-8/h4-6H,2-3,7H2,1H3,(H2,13,17). The number of amides is 1. The van der Waals surface area contributed by atoms with E-state index in [1.807, 2.05) is 6.92 Å². The van der Waals surface area contributed by atoms with Crippen LogP contribution in [0.5, 0.6) is 0 Å². The fraction of sp³-hybridized carbons (Fsp3) is 0.364. The van der Waals surface area contributed by atoms with Gasteiger partial charge in [0.2, 0.25) is 0 Å². The Bertz CT molecular complexity index is 425. The maximum absolute atomic E-state index is 13.0. The average Bonchev–Trinajstić information content (AvgIpc) is 2.27. The summed E-state index contributed by atoms with van der Waals surface area (Å²) < 4.78 is 13.0. The van der Waals surface area contributed by atoms with E-state index in [9.17, 15) is 9.18 Å². The Morgan fingerprint density at radius 3 is 2.82 bits per heavy atom. The van der Waals surface area contributed by atoms with Crippen LogP contribution in [-0.2, 0) is 0 Å². The first kappa shape index (κ1) is 13.5. The van der Waals surface area contributed by atoms with Crippen LogP contribution < -0.4 is 5.73 Å². The number of pyridine rings is 1. The molecule has 2 N–H and O–H groups in total. The monoisotopic (exact) mass is 255 g/mol. The molecule has 17 heavy (non-hydrogen) atoms. The molecule has 1 heterocycles.